The minimum atomic E-state index is -0.346. The van der Waals surface area contributed by atoms with Crippen LogP contribution < -0.4 is 5.32 Å². The Kier molecular flexibility index (Phi) is 6.18. The van der Waals surface area contributed by atoms with E-state index in [1.807, 2.05) is 11.8 Å². The number of nitrogens with zero attached hydrogens (tertiary/aromatic N) is 2. The summed E-state index contributed by atoms with van der Waals surface area (Å²) >= 11 is 1.98. The lowest BCUT2D eigenvalue weighted by atomic mass is 10.4. The van der Waals surface area contributed by atoms with Gasteiger partial charge in [0.1, 0.15) is 6.21 Å². The lowest BCUT2D eigenvalue weighted by Gasteiger charge is -2.18. The van der Waals surface area contributed by atoms with Crippen molar-refractivity contribution in [3.8, 4) is 0 Å². The molecule has 0 bridgehead atoms. The lowest BCUT2D eigenvalue weighted by Crippen LogP contribution is -2.36. The molecule has 1 saturated heterocycles. The first-order chi connectivity index (χ1) is 7.33. The standard InChI is InChI=1S/C9H17N3O2S/c13-9(8-11-14)10-2-4-12-3-1-6-15-7-5-12/h8,14H,1-7H2,(H,10,13). The molecule has 1 heterocycles. The molecule has 0 aromatic heterocycles. The van der Waals surface area contributed by atoms with Crippen LogP contribution in [-0.4, -0.2) is 59.9 Å². The number of carbonyl (C=O) groups excluding carboxylic acids is 1. The minimum absolute atomic E-state index is 0.346. The molecule has 0 saturated carbocycles. The van der Waals surface area contributed by atoms with E-state index in [2.05, 4.69) is 15.4 Å². The van der Waals surface area contributed by atoms with Crippen LogP contribution in [0.3, 0.4) is 0 Å². The van der Waals surface area contributed by atoms with Crippen molar-refractivity contribution in [1.82, 2.24) is 10.2 Å². The second-order valence-electron chi connectivity index (χ2n) is 3.34. The lowest BCUT2D eigenvalue weighted by molar-refractivity contribution is -0.114. The van der Waals surface area contributed by atoms with Crippen molar-refractivity contribution in [1.29, 1.82) is 0 Å². The topological polar surface area (TPSA) is 64.9 Å². The summed E-state index contributed by atoms with van der Waals surface area (Å²) in [5.41, 5.74) is 0. The fourth-order valence-corrected chi connectivity index (χ4v) is 2.38. The molecule has 0 aromatic rings. The van der Waals surface area contributed by atoms with Crippen LogP contribution in [0.5, 0.6) is 0 Å². The molecular formula is C9H17N3O2S. The zero-order valence-corrected chi connectivity index (χ0v) is 9.50. The Morgan fingerprint density at radius 1 is 1.53 bits per heavy atom. The van der Waals surface area contributed by atoms with Crippen LogP contribution in [0.2, 0.25) is 0 Å². The fourth-order valence-electron chi connectivity index (χ4n) is 1.46. The highest BCUT2D eigenvalue weighted by Gasteiger charge is 2.08. The Balaban J connectivity index is 2.10. The molecule has 1 aliphatic heterocycles. The second kappa shape index (κ2) is 7.53. The first-order valence-corrected chi connectivity index (χ1v) is 6.24. The van der Waals surface area contributed by atoms with Crippen molar-refractivity contribution in [2.24, 2.45) is 5.16 Å². The quantitative estimate of drug-likeness (QED) is 0.406. The monoisotopic (exact) mass is 231 g/mol. The summed E-state index contributed by atoms with van der Waals surface area (Å²) in [4.78, 5) is 13.3. The van der Waals surface area contributed by atoms with Gasteiger partial charge in [-0.3, -0.25) is 4.79 Å². The third-order valence-electron chi connectivity index (χ3n) is 2.22. The van der Waals surface area contributed by atoms with Gasteiger partial charge in [-0.2, -0.15) is 11.8 Å². The average Bonchev–Trinajstić information content (AvgIpc) is 2.47. The summed E-state index contributed by atoms with van der Waals surface area (Å²) < 4.78 is 0. The number of rotatable bonds is 4. The molecule has 2 N–H and O–H groups in total. The van der Waals surface area contributed by atoms with Gasteiger partial charge in [0.2, 0.25) is 0 Å². The number of amides is 1. The highest BCUT2D eigenvalue weighted by atomic mass is 32.2. The summed E-state index contributed by atoms with van der Waals surface area (Å²) in [5.74, 6) is 2.06. The summed E-state index contributed by atoms with van der Waals surface area (Å²) in [7, 11) is 0. The molecule has 1 amide bonds. The maximum atomic E-state index is 10.9. The summed E-state index contributed by atoms with van der Waals surface area (Å²) in [6, 6.07) is 0. The fraction of sp³-hybridized carbons (Fsp3) is 0.778. The molecule has 0 unspecified atom stereocenters. The van der Waals surface area contributed by atoms with E-state index < -0.39 is 0 Å². The van der Waals surface area contributed by atoms with E-state index in [1.54, 1.807) is 0 Å². The van der Waals surface area contributed by atoms with E-state index in [4.69, 9.17) is 5.21 Å². The number of carbonyl (C=O) groups is 1. The van der Waals surface area contributed by atoms with Gasteiger partial charge in [-0.1, -0.05) is 5.16 Å². The van der Waals surface area contributed by atoms with Gasteiger partial charge in [0, 0.05) is 25.4 Å². The van der Waals surface area contributed by atoms with Crippen molar-refractivity contribution in [2.45, 2.75) is 6.42 Å². The number of hydrogen-bond acceptors (Lipinski definition) is 5. The van der Waals surface area contributed by atoms with Crippen molar-refractivity contribution < 1.29 is 10.0 Å². The third-order valence-corrected chi connectivity index (χ3v) is 3.27. The normalized spacial score (nSPS) is 18.9. The minimum Gasteiger partial charge on any atom is -0.411 e. The van der Waals surface area contributed by atoms with Crippen LogP contribution in [0.1, 0.15) is 6.42 Å². The number of hydrogen-bond donors (Lipinski definition) is 2. The van der Waals surface area contributed by atoms with Gasteiger partial charge >= 0.3 is 0 Å². The molecule has 1 rings (SSSR count). The van der Waals surface area contributed by atoms with Gasteiger partial charge in [-0.25, -0.2) is 0 Å². The Bertz CT molecular complexity index is 215. The zero-order valence-electron chi connectivity index (χ0n) is 8.69. The molecular weight excluding hydrogens is 214 g/mol. The molecule has 1 aliphatic rings. The van der Waals surface area contributed by atoms with E-state index in [-0.39, 0.29) is 5.91 Å². The Morgan fingerprint density at radius 3 is 3.20 bits per heavy atom. The highest BCUT2D eigenvalue weighted by molar-refractivity contribution is 7.99. The molecule has 5 nitrogen and oxygen atoms in total. The van der Waals surface area contributed by atoms with Crippen LogP contribution in [0.15, 0.2) is 5.16 Å². The highest BCUT2D eigenvalue weighted by Crippen LogP contribution is 2.08. The molecule has 1 fully saturated rings. The maximum Gasteiger partial charge on any atom is 0.265 e. The summed E-state index contributed by atoms with van der Waals surface area (Å²) in [6.07, 6.45) is 2.09. The van der Waals surface area contributed by atoms with E-state index in [9.17, 15) is 4.79 Å². The van der Waals surface area contributed by atoms with Crippen LogP contribution in [0.25, 0.3) is 0 Å². The largest absolute Gasteiger partial charge is 0.411 e. The second-order valence-corrected chi connectivity index (χ2v) is 4.57. The predicted molar refractivity (Wildman–Crippen MR) is 61.7 cm³/mol. The molecule has 0 aromatic carbocycles. The number of thioether (sulfide) groups is 1. The van der Waals surface area contributed by atoms with Gasteiger partial charge in [0.05, 0.1) is 0 Å². The Hall–Kier alpha value is -0.750. The molecule has 6 heteroatoms. The maximum absolute atomic E-state index is 10.9. The SMILES string of the molecule is O=C(C=NO)NCCN1CCCSCC1. The van der Waals surface area contributed by atoms with Crippen LogP contribution in [-0.2, 0) is 4.79 Å². The predicted octanol–water partition coefficient (Wildman–Crippen LogP) is 0.00150. The molecule has 86 valence electrons. The smallest absolute Gasteiger partial charge is 0.265 e. The van der Waals surface area contributed by atoms with Gasteiger partial charge in [0.25, 0.3) is 5.91 Å². The van der Waals surface area contributed by atoms with E-state index in [1.165, 1.54) is 17.9 Å². The summed E-state index contributed by atoms with van der Waals surface area (Å²) in [6.45, 7) is 3.67. The molecule has 0 spiro atoms. The number of nitrogens with one attached hydrogen (secondary N) is 1. The molecule has 15 heavy (non-hydrogen) atoms. The van der Waals surface area contributed by atoms with Crippen LogP contribution in [0.4, 0.5) is 0 Å². The van der Waals surface area contributed by atoms with Crippen molar-refractivity contribution in [2.75, 3.05) is 37.7 Å². The molecule has 0 aliphatic carbocycles. The third kappa shape index (κ3) is 5.64. The van der Waals surface area contributed by atoms with Crippen LogP contribution in [0, 0.1) is 0 Å². The first-order valence-electron chi connectivity index (χ1n) is 5.08. The molecule has 0 atom stereocenters. The number of oxime groups is 1. The van der Waals surface area contributed by atoms with Gasteiger partial charge in [0.15, 0.2) is 0 Å². The Morgan fingerprint density at radius 2 is 2.40 bits per heavy atom. The van der Waals surface area contributed by atoms with Crippen molar-refractivity contribution >= 4 is 23.9 Å². The van der Waals surface area contributed by atoms with Gasteiger partial charge in [-0.15, -0.1) is 0 Å². The van der Waals surface area contributed by atoms with Crippen molar-refractivity contribution in [3.63, 3.8) is 0 Å². The van der Waals surface area contributed by atoms with E-state index in [0.717, 1.165) is 25.8 Å². The van der Waals surface area contributed by atoms with E-state index in [0.29, 0.717) is 6.54 Å². The zero-order chi connectivity index (χ0) is 10.9. The van der Waals surface area contributed by atoms with E-state index >= 15 is 0 Å². The average molecular weight is 231 g/mol. The molecule has 0 radical (unpaired) electrons. The van der Waals surface area contributed by atoms with Gasteiger partial charge < -0.3 is 15.4 Å². The first kappa shape index (κ1) is 12.3. The van der Waals surface area contributed by atoms with Crippen LogP contribution >= 0.6 is 11.8 Å². The van der Waals surface area contributed by atoms with Gasteiger partial charge in [-0.05, 0) is 18.7 Å². The Labute approximate surface area is 93.9 Å². The van der Waals surface area contributed by atoms with Crippen molar-refractivity contribution in [3.05, 3.63) is 0 Å². The summed E-state index contributed by atoms with van der Waals surface area (Å²) in [5, 5.41) is 13.4.